The molecule has 102 valence electrons. The highest BCUT2D eigenvalue weighted by Crippen LogP contribution is 2.26. The fourth-order valence-electron chi connectivity index (χ4n) is 2.21. The molecule has 1 rings (SSSR count). The summed E-state index contributed by atoms with van der Waals surface area (Å²) in [5, 5.41) is 10.3. The monoisotopic (exact) mass is 263 g/mol. The van der Waals surface area contributed by atoms with Gasteiger partial charge in [-0.05, 0) is 19.3 Å². The lowest BCUT2D eigenvalue weighted by Gasteiger charge is -2.26. The van der Waals surface area contributed by atoms with Gasteiger partial charge in [0.1, 0.15) is 0 Å². The molecule has 0 aromatic heterocycles. The molecule has 2 N–H and O–H groups in total. The van der Waals surface area contributed by atoms with E-state index in [1.807, 2.05) is 6.92 Å². The summed E-state index contributed by atoms with van der Waals surface area (Å²) in [7, 11) is -3.20. The summed E-state index contributed by atoms with van der Waals surface area (Å²) in [5.74, 6) is 0.166. The highest BCUT2D eigenvalue weighted by atomic mass is 32.2. The first-order valence-corrected chi connectivity index (χ1v) is 8.32. The molecule has 1 fully saturated rings. The fraction of sp³-hybridized carbons (Fsp3) is 1.00. The predicted octanol–water partition coefficient (Wildman–Crippen LogP) is 1.79. The van der Waals surface area contributed by atoms with E-state index in [4.69, 9.17) is 0 Å². The van der Waals surface area contributed by atoms with Crippen LogP contribution in [0.4, 0.5) is 0 Å². The molecule has 1 saturated carbocycles. The van der Waals surface area contributed by atoms with E-state index in [9.17, 15) is 13.5 Å². The van der Waals surface area contributed by atoms with Gasteiger partial charge in [-0.25, -0.2) is 13.1 Å². The summed E-state index contributed by atoms with van der Waals surface area (Å²) in [5.41, 5.74) is -0.824. The zero-order chi connectivity index (χ0) is 12.8. The second kappa shape index (κ2) is 6.71. The van der Waals surface area contributed by atoms with Crippen molar-refractivity contribution >= 4 is 10.0 Å². The fourth-order valence-corrected chi connectivity index (χ4v) is 3.52. The van der Waals surface area contributed by atoms with Crippen LogP contribution in [0.5, 0.6) is 0 Å². The Balaban J connectivity index is 2.42. The number of hydrogen-bond acceptors (Lipinski definition) is 3. The average Bonchev–Trinajstić information content (AvgIpc) is 2.50. The van der Waals surface area contributed by atoms with Gasteiger partial charge in [0.05, 0.1) is 11.4 Å². The minimum Gasteiger partial charge on any atom is -0.389 e. The molecule has 5 heteroatoms. The quantitative estimate of drug-likeness (QED) is 0.718. The standard InChI is InChI=1S/C12H25NO3S/c1-2-3-10-17(15,16)13-11-12(14)8-6-4-5-7-9-12/h13-14H,2-11H2,1H3. The summed E-state index contributed by atoms with van der Waals surface area (Å²) < 4.78 is 25.8. The van der Waals surface area contributed by atoms with Gasteiger partial charge in [-0.2, -0.15) is 0 Å². The Bertz CT molecular complexity index is 306. The Morgan fingerprint density at radius 1 is 1.18 bits per heavy atom. The lowest BCUT2D eigenvalue weighted by Crippen LogP contribution is -2.43. The zero-order valence-corrected chi connectivity index (χ0v) is 11.6. The van der Waals surface area contributed by atoms with Crippen molar-refractivity contribution in [1.29, 1.82) is 0 Å². The minimum absolute atomic E-state index is 0.166. The van der Waals surface area contributed by atoms with E-state index in [2.05, 4.69) is 4.72 Å². The van der Waals surface area contributed by atoms with Gasteiger partial charge in [-0.1, -0.05) is 39.0 Å². The van der Waals surface area contributed by atoms with E-state index in [1.54, 1.807) is 0 Å². The van der Waals surface area contributed by atoms with E-state index < -0.39 is 15.6 Å². The molecular formula is C12H25NO3S. The topological polar surface area (TPSA) is 66.4 Å². The number of rotatable bonds is 6. The SMILES string of the molecule is CCCCS(=O)(=O)NCC1(O)CCCCCC1. The maximum absolute atomic E-state index is 11.6. The van der Waals surface area contributed by atoms with Crippen molar-refractivity contribution in [1.82, 2.24) is 4.72 Å². The molecule has 0 heterocycles. The molecule has 0 aromatic carbocycles. The third-order valence-electron chi connectivity index (χ3n) is 3.42. The third-order valence-corrected chi connectivity index (χ3v) is 4.83. The lowest BCUT2D eigenvalue weighted by atomic mass is 9.95. The Morgan fingerprint density at radius 3 is 2.29 bits per heavy atom. The van der Waals surface area contributed by atoms with Gasteiger partial charge in [0.15, 0.2) is 0 Å². The van der Waals surface area contributed by atoms with Gasteiger partial charge in [-0.15, -0.1) is 0 Å². The van der Waals surface area contributed by atoms with Crippen molar-refractivity contribution < 1.29 is 13.5 Å². The van der Waals surface area contributed by atoms with Crippen LogP contribution >= 0.6 is 0 Å². The average molecular weight is 263 g/mol. The van der Waals surface area contributed by atoms with Crippen LogP contribution in [-0.2, 0) is 10.0 Å². The molecule has 0 saturated heterocycles. The van der Waals surface area contributed by atoms with E-state index in [0.717, 1.165) is 32.1 Å². The zero-order valence-electron chi connectivity index (χ0n) is 10.7. The molecule has 0 spiro atoms. The molecule has 17 heavy (non-hydrogen) atoms. The van der Waals surface area contributed by atoms with Crippen LogP contribution in [0.15, 0.2) is 0 Å². The number of aliphatic hydroxyl groups is 1. The molecule has 0 atom stereocenters. The van der Waals surface area contributed by atoms with Crippen molar-refractivity contribution in [3.8, 4) is 0 Å². The maximum Gasteiger partial charge on any atom is 0.211 e. The van der Waals surface area contributed by atoms with Gasteiger partial charge in [-0.3, -0.25) is 0 Å². The highest BCUT2D eigenvalue weighted by molar-refractivity contribution is 7.89. The highest BCUT2D eigenvalue weighted by Gasteiger charge is 2.29. The van der Waals surface area contributed by atoms with Crippen LogP contribution in [0.3, 0.4) is 0 Å². The van der Waals surface area contributed by atoms with Crippen LogP contribution in [0.1, 0.15) is 58.3 Å². The Labute approximate surface area is 105 Å². The van der Waals surface area contributed by atoms with E-state index >= 15 is 0 Å². The van der Waals surface area contributed by atoms with Crippen molar-refractivity contribution in [3.05, 3.63) is 0 Å². The molecule has 0 unspecified atom stereocenters. The molecule has 0 bridgehead atoms. The molecule has 0 radical (unpaired) electrons. The van der Waals surface area contributed by atoms with Crippen LogP contribution in [0.2, 0.25) is 0 Å². The van der Waals surface area contributed by atoms with E-state index in [1.165, 1.54) is 0 Å². The van der Waals surface area contributed by atoms with E-state index in [0.29, 0.717) is 19.3 Å². The number of unbranched alkanes of at least 4 members (excludes halogenated alkanes) is 1. The van der Waals surface area contributed by atoms with Crippen LogP contribution in [0, 0.1) is 0 Å². The van der Waals surface area contributed by atoms with Gasteiger partial charge in [0.25, 0.3) is 0 Å². The predicted molar refractivity (Wildman–Crippen MR) is 69.3 cm³/mol. The first-order chi connectivity index (χ1) is 7.97. The van der Waals surface area contributed by atoms with Crippen LogP contribution in [-0.4, -0.2) is 31.4 Å². The lowest BCUT2D eigenvalue weighted by molar-refractivity contribution is 0.0303. The van der Waals surface area contributed by atoms with Gasteiger partial charge < -0.3 is 5.11 Å². The molecule has 4 nitrogen and oxygen atoms in total. The summed E-state index contributed by atoms with van der Waals surface area (Å²) in [4.78, 5) is 0. The van der Waals surface area contributed by atoms with Crippen LogP contribution in [0.25, 0.3) is 0 Å². The summed E-state index contributed by atoms with van der Waals surface area (Å²) in [6.45, 7) is 2.15. The first-order valence-electron chi connectivity index (χ1n) is 6.67. The van der Waals surface area contributed by atoms with Crippen molar-refractivity contribution in [2.45, 2.75) is 63.9 Å². The number of hydrogen-bond donors (Lipinski definition) is 2. The third kappa shape index (κ3) is 5.84. The Kier molecular flexibility index (Phi) is 5.89. The van der Waals surface area contributed by atoms with Crippen LogP contribution < -0.4 is 4.72 Å². The normalized spacial score (nSPS) is 21.1. The minimum atomic E-state index is -3.20. The summed E-state index contributed by atoms with van der Waals surface area (Å²) in [6.07, 6.45) is 7.24. The second-order valence-corrected chi connectivity index (χ2v) is 7.06. The maximum atomic E-state index is 11.6. The summed E-state index contributed by atoms with van der Waals surface area (Å²) in [6, 6.07) is 0. The van der Waals surface area contributed by atoms with E-state index in [-0.39, 0.29) is 12.3 Å². The first kappa shape index (κ1) is 14.9. The molecule has 1 aliphatic rings. The van der Waals surface area contributed by atoms with Crippen molar-refractivity contribution in [2.75, 3.05) is 12.3 Å². The Morgan fingerprint density at radius 2 is 1.76 bits per heavy atom. The molecule has 1 aliphatic carbocycles. The smallest absolute Gasteiger partial charge is 0.211 e. The van der Waals surface area contributed by atoms with Crippen molar-refractivity contribution in [2.24, 2.45) is 0 Å². The van der Waals surface area contributed by atoms with Gasteiger partial charge >= 0.3 is 0 Å². The van der Waals surface area contributed by atoms with Gasteiger partial charge in [0.2, 0.25) is 10.0 Å². The Hall–Kier alpha value is -0.130. The largest absolute Gasteiger partial charge is 0.389 e. The number of nitrogens with one attached hydrogen (secondary N) is 1. The van der Waals surface area contributed by atoms with Crippen molar-refractivity contribution in [3.63, 3.8) is 0 Å². The molecule has 0 aliphatic heterocycles. The molecule has 0 amide bonds. The molecule has 0 aromatic rings. The number of sulfonamides is 1. The second-order valence-electron chi connectivity index (χ2n) is 5.13. The summed E-state index contributed by atoms with van der Waals surface area (Å²) >= 11 is 0. The molecular weight excluding hydrogens is 238 g/mol. The van der Waals surface area contributed by atoms with Gasteiger partial charge in [0, 0.05) is 6.54 Å².